The highest BCUT2D eigenvalue weighted by atomic mass is 32.2. The molecule has 0 saturated heterocycles. The Hall–Kier alpha value is -2.49. The lowest BCUT2D eigenvalue weighted by Crippen LogP contribution is -2.43. The van der Waals surface area contributed by atoms with Gasteiger partial charge in [-0.05, 0) is 75.4 Å². The van der Waals surface area contributed by atoms with Gasteiger partial charge in [0, 0.05) is 31.4 Å². The lowest BCUT2D eigenvalue weighted by Gasteiger charge is -2.37. The molecule has 1 N–H and O–H groups in total. The second-order valence-electron chi connectivity index (χ2n) is 9.81. The number of nitrogens with zero attached hydrogens (tertiary/aromatic N) is 3. The molecular weight excluding hydrogens is 468 g/mol. The van der Waals surface area contributed by atoms with E-state index in [0.29, 0.717) is 29.1 Å². The average molecular weight is 501 g/mol. The van der Waals surface area contributed by atoms with Crippen LogP contribution in [0.25, 0.3) is 11.1 Å². The zero-order valence-corrected chi connectivity index (χ0v) is 22.1. The molecule has 0 amide bonds. The number of fused-ring (bicyclic) bond motifs is 1. The molecule has 0 fully saturated rings. The summed E-state index contributed by atoms with van der Waals surface area (Å²) in [6, 6.07) is 11.0. The van der Waals surface area contributed by atoms with Crippen molar-refractivity contribution in [2.45, 2.75) is 56.7 Å². The van der Waals surface area contributed by atoms with Crippen LogP contribution in [0.4, 0.5) is 5.69 Å². The summed E-state index contributed by atoms with van der Waals surface area (Å²) in [6.07, 6.45) is 4.20. The number of hydrogen-bond acceptors (Lipinski definition) is 4. The van der Waals surface area contributed by atoms with Gasteiger partial charge in [0.1, 0.15) is 0 Å². The van der Waals surface area contributed by atoms with Gasteiger partial charge in [0.25, 0.3) is 10.0 Å². The van der Waals surface area contributed by atoms with Crippen LogP contribution in [-0.4, -0.2) is 33.7 Å². The molecule has 0 bridgehead atoms. The summed E-state index contributed by atoms with van der Waals surface area (Å²) < 4.78 is 46.6. The number of benzene rings is 2. The molecule has 2 aromatic carbocycles. The smallest absolute Gasteiger partial charge is 0.264 e. The summed E-state index contributed by atoms with van der Waals surface area (Å²) in [4.78, 5) is 0.291. The highest BCUT2D eigenvalue weighted by Crippen LogP contribution is 2.40. The van der Waals surface area contributed by atoms with Gasteiger partial charge in [0.05, 0.1) is 32.5 Å². The van der Waals surface area contributed by atoms with Crippen LogP contribution in [0, 0.1) is 13.8 Å². The topological polar surface area (TPSA) is 84.3 Å². The van der Waals surface area contributed by atoms with Gasteiger partial charge in [-0.2, -0.15) is 5.10 Å². The Morgan fingerprint density at radius 2 is 1.82 bits per heavy atom. The SMILES string of the molecule is Cc1cc(-c2cnn(C)c2)ccc1S(=O)(=O)N1CCC(NS(=O)C(C)(C)C)c2cccc(C)c21. The van der Waals surface area contributed by atoms with Crippen molar-refractivity contribution in [3.05, 3.63) is 65.5 Å². The lowest BCUT2D eigenvalue weighted by molar-refractivity contribution is 0.548. The molecule has 1 aromatic heterocycles. The maximum absolute atomic E-state index is 13.9. The third-order valence-electron chi connectivity index (χ3n) is 6.10. The van der Waals surface area contributed by atoms with Crippen molar-refractivity contribution in [1.29, 1.82) is 0 Å². The molecule has 2 unspecified atom stereocenters. The zero-order valence-electron chi connectivity index (χ0n) is 20.5. The van der Waals surface area contributed by atoms with Crippen LogP contribution < -0.4 is 9.03 Å². The monoisotopic (exact) mass is 500 g/mol. The molecule has 34 heavy (non-hydrogen) atoms. The molecule has 2 heterocycles. The van der Waals surface area contributed by atoms with Gasteiger partial charge in [0.15, 0.2) is 0 Å². The van der Waals surface area contributed by atoms with Gasteiger partial charge in [-0.15, -0.1) is 0 Å². The number of aryl methyl sites for hydroxylation is 3. The van der Waals surface area contributed by atoms with Crippen LogP contribution in [-0.2, 0) is 28.1 Å². The third kappa shape index (κ3) is 4.56. The summed E-state index contributed by atoms with van der Waals surface area (Å²) in [5.74, 6) is 0. The quantitative estimate of drug-likeness (QED) is 0.563. The van der Waals surface area contributed by atoms with Gasteiger partial charge < -0.3 is 0 Å². The van der Waals surface area contributed by atoms with E-state index >= 15 is 0 Å². The van der Waals surface area contributed by atoms with Gasteiger partial charge >= 0.3 is 0 Å². The molecule has 0 saturated carbocycles. The number of aromatic nitrogens is 2. The van der Waals surface area contributed by atoms with E-state index in [1.165, 1.54) is 4.31 Å². The maximum Gasteiger partial charge on any atom is 0.264 e. The first-order valence-corrected chi connectivity index (χ1v) is 13.9. The Labute approximate surface area is 204 Å². The predicted octanol–water partition coefficient (Wildman–Crippen LogP) is 4.40. The van der Waals surface area contributed by atoms with E-state index in [0.717, 1.165) is 22.3 Å². The fraction of sp³-hybridized carbons (Fsp3) is 0.400. The van der Waals surface area contributed by atoms with E-state index in [1.807, 2.05) is 78.2 Å². The number of hydrogen-bond donors (Lipinski definition) is 1. The Kier molecular flexibility index (Phi) is 6.48. The number of para-hydroxylation sites is 1. The summed E-state index contributed by atoms with van der Waals surface area (Å²) in [5.41, 5.74) is 4.96. The molecule has 7 nitrogen and oxygen atoms in total. The molecular formula is C25H32N4O3S2. The van der Waals surface area contributed by atoms with E-state index in [1.54, 1.807) is 16.9 Å². The molecule has 0 radical (unpaired) electrons. The molecule has 1 aliphatic rings. The maximum atomic E-state index is 13.9. The molecule has 2 atom stereocenters. The van der Waals surface area contributed by atoms with E-state index in [2.05, 4.69) is 9.82 Å². The summed E-state index contributed by atoms with van der Waals surface area (Å²) >= 11 is 0. The fourth-order valence-corrected chi connectivity index (χ4v) is 6.93. The van der Waals surface area contributed by atoms with E-state index < -0.39 is 25.8 Å². The fourth-order valence-electron chi connectivity index (χ4n) is 4.29. The van der Waals surface area contributed by atoms with E-state index in [9.17, 15) is 12.6 Å². The minimum atomic E-state index is -3.79. The van der Waals surface area contributed by atoms with Gasteiger partial charge in [-0.1, -0.05) is 24.3 Å². The minimum Gasteiger partial charge on any atom is -0.275 e. The van der Waals surface area contributed by atoms with Crippen molar-refractivity contribution in [2.24, 2.45) is 7.05 Å². The summed E-state index contributed by atoms with van der Waals surface area (Å²) in [5, 5.41) is 4.21. The van der Waals surface area contributed by atoms with Crippen LogP contribution in [0.15, 0.2) is 53.7 Å². The largest absolute Gasteiger partial charge is 0.275 e. The van der Waals surface area contributed by atoms with Crippen molar-refractivity contribution in [3.63, 3.8) is 0 Å². The second-order valence-corrected chi connectivity index (χ2v) is 13.6. The standard InChI is InChI=1S/C25H32N4O3S2/c1-17-8-7-9-21-22(27-33(30)25(3,4)5)12-13-29(24(17)21)34(31,32)23-11-10-19(14-18(23)2)20-15-26-28(6)16-20/h7-11,14-16,22,27H,12-13H2,1-6H3. The molecule has 9 heteroatoms. The first-order chi connectivity index (χ1) is 15.9. The molecule has 1 aliphatic heterocycles. The second kappa shape index (κ2) is 8.94. The number of anilines is 1. The Bertz CT molecular complexity index is 1360. The normalized spacial score (nSPS) is 17.5. The molecule has 182 valence electrons. The first-order valence-electron chi connectivity index (χ1n) is 11.3. The van der Waals surface area contributed by atoms with Crippen molar-refractivity contribution in [3.8, 4) is 11.1 Å². The summed E-state index contributed by atoms with van der Waals surface area (Å²) in [6.45, 7) is 9.82. The van der Waals surface area contributed by atoms with Crippen molar-refractivity contribution in [2.75, 3.05) is 10.8 Å². The molecule has 0 aliphatic carbocycles. The van der Waals surface area contributed by atoms with Crippen LogP contribution in [0.2, 0.25) is 0 Å². The van der Waals surface area contributed by atoms with Crippen LogP contribution in [0.3, 0.4) is 0 Å². The highest BCUT2D eigenvalue weighted by molar-refractivity contribution is 7.93. The van der Waals surface area contributed by atoms with Crippen molar-refractivity contribution >= 4 is 26.7 Å². The predicted molar refractivity (Wildman–Crippen MR) is 137 cm³/mol. The van der Waals surface area contributed by atoms with Gasteiger partial charge in [0.2, 0.25) is 0 Å². The molecule has 3 aromatic rings. The molecule has 4 rings (SSSR count). The van der Waals surface area contributed by atoms with Gasteiger partial charge in [-0.3, -0.25) is 8.99 Å². The highest BCUT2D eigenvalue weighted by Gasteiger charge is 2.36. The minimum absolute atomic E-state index is 0.185. The number of rotatable bonds is 5. The Balaban J connectivity index is 1.72. The Morgan fingerprint density at radius 3 is 2.44 bits per heavy atom. The first kappa shape index (κ1) is 24.6. The van der Waals surface area contributed by atoms with Crippen molar-refractivity contribution in [1.82, 2.24) is 14.5 Å². The van der Waals surface area contributed by atoms with E-state index in [-0.39, 0.29) is 6.04 Å². The average Bonchev–Trinajstić information content (AvgIpc) is 3.19. The zero-order chi connectivity index (χ0) is 24.8. The van der Waals surface area contributed by atoms with Crippen LogP contribution in [0.1, 0.15) is 49.9 Å². The van der Waals surface area contributed by atoms with E-state index in [4.69, 9.17) is 0 Å². The number of nitrogens with one attached hydrogen (secondary N) is 1. The van der Waals surface area contributed by atoms with Crippen LogP contribution >= 0.6 is 0 Å². The molecule has 0 spiro atoms. The lowest BCUT2D eigenvalue weighted by atomic mass is 9.96. The van der Waals surface area contributed by atoms with Crippen molar-refractivity contribution < 1.29 is 12.6 Å². The Morgan fingerprint density at radius 1 is 1.09 bits per heavy atom. The summed E-state index contributed by atoms with van der Waals surface area (Å²) in [7, 11) is -3.21. The van der Waals surface area contributed by atoms with Gasteiger partial charge in [-0.25, -0.2) is 17.3 Å². The number of sulfonamides is 1. The third-order valence-corrected chi connectivity index (χ3v) is 9.67. The van der Waals surface area contributed by atoms with Crippen LogP contribution in [0.5, 0.6) is 0 Å².